The molecule has 2 rings (SSSR count). The van der Waals surface area contributed by atoms with Gasteiger partial charge in [0.25, 0.3) is 5.91 Å². The van der Waals surface area contributed by atoms with Crippen LogP contribution in [0.2, 0.25) is 10.0 Å². The first-order chi connectivity index (χ1) is 11.4. The highest BCUT2D eigenvalue weighted by atomic mass is 35.5. The second-order valence-electron chi connectivity index (χ2n) is 5.62. The highest BCUT2D eigenvalue weighted by Crippen LogP contribution is 2.21. The molecule has 0 aliphatic carbocycles. The summed E-state index contributed by atoms with van der Waals surface area (Å²) in [5.74, 6) is -0.182. The lowest BCUT2D eigenvalue weighted by Gasteiger charge is -2.21. The highest BCUT2D eigenvalue weighted by Gasteiger charge is 2.25. The number of carbonyl (C=O) groups excluding carboxylic acids is 2. The SMILES string of the molecule is CC(C)C(NC(=O)c1ccc(Cl)cc1Cl)C(=O)NCc1ccco1. The van der Waals surface area contributed by atoms with Crippen LogP contribution in [-0.2, 0) is 11.3 Å². The van der Waals surface area contributed by atoms with Crippen molar-refractivity contribution in [1.29, 1.82) is 0 Å². The van der Waals surface area contributed by atoms with Gasteiger partial charge in [-0.1, -0.05) is 37.0 Å². The molecule has 0 fully saturated rings. The average Bonchev–Trinajstić information content (AvgIpc) is 3.03. The van der Waals surface area contributed by atoms with Crippen molar-refractivity contribution in [2.45, 2.75) is 26.4 Å². The zero-order chi connectivity index (χ0) is 17.7. The molecule has 1 unspecified atom stereocenters. The van der Waals surface area contributed by atoms with E-state index in [1.807, 2.05) is 13.8 Å². The van der Waals surface area contributed by atoms with Crippen LogP contribution in [0.5, 0.6) is 0 Å². The zero-order valence-electron chi connectivity index (χ0n) is 13.3. The monoisotopic (exact) mass is 368 g/mol. The van der Waals surface area contributed by atoms with Crippen LogP contribution in [0.25, 0.3) is 0 Å². The van der Waals surface area contributed by atoms with E-state index in [0.29, 0.717) is 10.8 Å². The Labute approximate surface area is 150 Å². The van der Waals surface area contributed by atoms with Crippen molar-refractivity contribution >= 4 is 35.0 Å². The summed E-state index contributed by atoms with van der Waals surface area (Å²) in [6.07, 6.45) is 1.53. The van der Waals surface area contributed by atoms with Crippen molar-refractivity contribution in [3.63, 3.8) is 0 Å². The maximum atomic E-state index is 12.4. The van der Waals surface area contributed by atoms with E-state index in [1.165, 1.54) is 18.4 Å². The van der Waals surface area contributed by atoms with E-state index in [0.717, 1.165) is 0 Å². The second-order valence-corrected chi connectivity index (χ2v) is 6.46. The third-order valence-electron chi connectivity index (χ3n) is 3.43. The van der Waals surface area contributed by atoms with Crippen LogP contribution in [0.1, 0.15) is 30.0 Å². The maximum Gasteiger partial charge on any atom is 0.253 e. The van der Waals surface area contributed by atoms with Gasteiger partial charge in [0.15, 0.2) is 0 Å². The first kappa shape index (κ1) is 18.4. The molecule has 1 heterocycles. The zero-order valence-corrected chi connectivity index (χ0v) is 14.8. The maximum absolute atomic E-state index is 12.4. The summed E-state index contributed by atoms with van der Waals surface area (Å²) in [5.41, 5.74) is 0.269. The Balaban J connectivity index is 2.04. The molecule has 0 saturated carbocycles. The van der Waals surface area contributed by atoms with E-state index < -0.39 is 11.9 Å². The fourth-order valence-corrected chi connectivity index (χ4v) is 2.62. The number of hydrogen-bond acceptors (Lipinski definition) is 3. The van der Waals surface area contributed by atoms with Crippen LogP contribution < -0.4 is 10.6 Å². The fraction of sp³-hybridized carbons (Fsp3) is 0.294. The lowest BCUT2D eigenvalue weighted by atomic mass is 10.0. The van der Waals surface area contributed by atoms with E-state index >= 15 is 0 Å². The van der Waals surface area contributed by atoms with Crippen LogP contribution >= 0.6 is 23.2 Å². The minimum absolute atomic E-state index is 0.100. The van der Waals surface area contributed by atoms with Crippen LogP contribution in [0, 0.1) is 5.92 Å². The minimum atomic E-state index is -0.695. The smallest absolute Gasteiger partial charge is 0.253 e. The average molecular weight is 369 g/mol. The number of furan rings is 1. The number of nitrogens with one attached hydrogen (secondary N) is 2. The Morgan fingerprint density at radius 1 is 1.21 bits per heavy atom. The van der Waals surface area contributed by atoms with E-state index in [-0.39, 0.29) is 29.0 Å². The van der Waals surface area contributed by atoms with Gasteiger partial charge in [-0.05, 0) is 36.2 Å². The van der Waals surface area contributed by atoms with Crippen molar-refractivity contribution in [1.82, 2.24) is 10.6 Å². The fourth-order valence-electron chi connectivity index (χ4n) is 2.12. The normalized spacial score (nSPS) is 12.0. The molecule has 24 heavy (non-hydrogen) atoms. The number of amides is 2. The molecule has 5 nitrogen and oxygen atoms in total. The van der Waals surface area contributed by atoms with E-state index in [2.05, 4.69) is 10.6 Å². The number of hydrogen-bond donors (Lipinski definition) is 2. The van der Waals surface area contributed by atoms with E-state index in [1.54, 1.807) is 18.2 Å². The predicted molar refractivity (Wildman–Crippen MR) is 93.1 cm³/mol. The van der Waals surface area contributed by atoms with Gasteiger partial charge in [0.05, 0.1) is 23.4 Å². The molecule has 128 valence electrons. The topological polar surface area (TPSA) is 71.3 Å². The summed E-state index contributed by atoms with van der Waals surface area (Å²) in [4.78, 5) is 24.8. The Bertz CT molecular complexity index is 715. The number of halogens is 2. The second kappa shape index (κ2) is 8.22. The summed E-state index contributed by atoms with van der Waals surface area (Å²) in [6, 6.07) is 7.39. The van der Waals surface area contributed by atoms with Crippen LogP contribution in [0.4, 0.5) is 0 Å². The van der Waals surface area contributed by atoms with Gasteiger partial charge in [0, 0.05) is 5.02 Å². The molecule has 1 aromatic heterocycles. The molecule has 0 aliphatic heterocycles. The molecule has 0 saturated heterocycles. The molecule has 7 heteroatoms. The molecule has 1 aromatic carbocycles. The molecule has 0 bridgehead atoms. The van der Waals surface area contributed by atoms with Crippen LogP contribution in [-0.4, -0.2) is 17.9 Å². The van der Waals surface area contributed by atoms with Gasteiger partial charge < -0.3 is 15.1 Å². The van der Waals surface area contributed by atoms with Crippen LogP contribution in [0.15, 0.2) is 41.0 Å². The van der Waals surface area contributed by atoms with Crippen molar-refractivity contribution in [2.75, 3.05) is 0 Å². The molecule has 2 aromatic rings. The first-order valence-corrected chi connectivity index (χ1v) is 8.20. The molecule has 0 spiro atoms. The summed E-state index contributed by atoms with van der Waals surface area (Å²) in [6.45, 7) is 3.95. The van der Waals surface area contributed by atoms with Gasteiger partial charge in [-0.25, -0.2) is 0 Å². The Morgan fingerprint density at radius 2 is 1.96 bits per heavy atom. The van der Waals surface area contributed by atoms with Gasteiger partial charge in [0.1, 0.15) is 11.8 Å². The molecule has 0 aliphatic rings. The van der Waals surface area contributed by atoms with Crippen molar-refractivity contribution < 1.29 is 14.0 Å². The number of rotatable bonds is 6. The quantitative estimate of drug-likeness (QED) is 0.817. The minimum Gasteiger partial charge on any atom is -0.467 e. The van der Waals surface area contributed by atoms with Crippen molar-refractivity contribution in [3.8, 4) is 0 Å². The standard InChI is InChI=1S/C17H18Cl2N2O3/c1-10(2)15(17(23)20-9-12-4-3-7-24-12)21-16(22)13-6-5-11(18)8-14(13)19/h3-8,10,15H,9H2,1-2H3,(H,20,23)(H,21,22). The molecular formula is C17H18Cl2N2O3. The first-order valence-electron chi connectivity index (χ1n) is 7.44. The number of benzene rings is 1. The highest BCUT2D eigenvalue weighted by molar-refractivity contribution is 6.36. The largest absolute Gasteiger partial charge is 0.467 e. The van der Waals surface area contributed by atoms with Gasteiger partial charge in [-0.2, -0.15) is 0 Å². The summed E-state index contributed by atoms with van der Waals surface area (Å²) >= 11 is 11.9. The summed E-state index contributed by atoms with van der Waals surface area (Å²) < 4.78 is 5.17. The van der Waals surface area contributed by atoms with Crippen LogP contribution in [0.3, 0.4) is 0 Å². The van der Waals surface area contributed by atoms with Crippen molar-refractivity contribution in [2.24, 2.45) is 5.92 Å². The van der Waals surface area contributed by atoms with E-state index in [9.17, 15) is 9.59 Å². The van der Waals surface area contributed by atoms with Gasteiger partial charge in [-0.3, -0.25) is 9.59 Å². The Kier molecular flexibility index (Phi) is 6.29. The molecule has 2 amide bonds. The third-order valence-corrected chi connectivity index (χ3v) is 3.98. The van der Waals surface area contributed by atoms with Gasteiger partial charge in [-0.15, -0.1) is 0 Å². The molecular weight excluding hydrogens is 351 g/mol. The Morgan fingerprint density at radius 3 is 2.54 bits per heavy atom. The predicted octanol–water partition coefficient (Wildman–Crippen LogP) is 3.66. The van der Waals surface area contributed by atoms with Gasteiger partial charge in [0.2, 0.25) is 5.91 Å². The lowest BCUT2D eigenvalue weighted by Crippen LogP contribution is -2.49. The van der Waals surface area contributed by atoms with Crippen molar-refractivity contribution in [3.05, 3.63) is 58.0 Å². The summed E-state index contributed by atoms with van der Waals surface area (Å²) in [5, 5.41) is 6.13. The molecule has 2 N–H and O–H groups in total. The number of carbonyl (C=O) groups is 2. The third kappa shape index (κ3) is 4.76. The van der Waals surface area contributed by atoms with Gasteiger partial charge >= 0.3 is 0 Å². The Hall–Kier alpha value is -1.98. The molecule has 1 atom stereocenters. The van der Waals surface area contributed by atoms with E-state index in [4.69, 9.17) is 27.6 Å². The lowest BCUT2D eigenvalue weighted by molar-refractivity contribution is -0.124. The molecule has 0 radical (unpaired) electrons. The summed E-state index contributed by atoms with van der Waals surface area (Å²) in [7, 11) is 0.